The van der Waals surface area contributed by atoms with Crippen LogP contribution >= 0.6 is 0 Å². The van der Waals surface area contributed by atoms with E-state index in [2.05, 4.69) is 9.98 Å². The number of pyridine rings is 1. The molecular formula is C20H14N2O3. The number of methoxy groups -OCH3 is 1. The molecule has 0 saturated heterocycles. The van der Waals surface area contributed by atoms with E-state index in [-0.39, 0.29) is 11.4 Å². The number of hydrogen-bond acceptors (Lipinski definition) is 5. The van der Waals surface area contributed by atoms with Crippen molar-refractivity contribution in [3.63, 3.8) is 0 Å². The maximum Gasteiger partial charge on any atom is 0.363 e. The molecular weight excluding hydrogens is 316 g/mol. The van der Waals surface area contributed by atoms with Crippen molar-refractivity contribution in [2.45, 2.75) is 0 Å². The van der Waals surface area contributed by atoms with Crippen molar-refractivity contribution >= 4 is 33.9 Å². The van der Waals surface area contributed by atoms with Gasteiger partial charge in [-0.05, 0) is 29.8 Å². The number of ether oxygens (including phenoxy) is 1. The topological polar surface area (TPSA) is 64.7 Å². The fourth-order valence-electron chi connectivity index (χ4n) is 2.58. The normalized spacial score (nSPS) is 11.4. The summed E-state index contributed by atoms with van der Waals surface area (Å²) >= 11 is 0. The Labute approximate surface area is 143 Å². The van der Waals surface area contributed by atoms with Crippen LogP contribution in [0.4, 0.5) is 5.69 Å². The molecule has 0 radical (unpaired) electrons. The van der Waals surface area contributed by atoms with Crippen molar-refractivity contribution in [3.05, 3.63) is 76.6 Å². The van der Waals surface area contributed by atoms with Crippen molar-refractivity contribution in [2.75, 3.05) is 7.11 Å². The van der Waals surface area contributed by atoms with Gasteiger partial charge in [0.05, 0.1) is 12.6 Å². The van der Waals surface area contributed by atoms with Gasteiger partial charge in [-0.25, -0.2) is 14.8 Å². The van der Waals surface area contributed by atoms with E-state index in [0.29, 0.717) is 11.3 Å². The first-order chi connectivity index (χ1) is 12.2. The lowest BCUT2D eigenvalue weighted by Crippen LogP contribution is -1.99. The summed E-state index contributed by atoms with van der Waals surface area (Å²) in [6.07, 6.45) is 1.64. The maximum atomic E-state index is 12.2. The summed E-state index contributed by atoms with van der Waals surface area (Å²) in [5, 5.41) is 1.65. The molecule has 5 heteroatoms. The van der Waals surface area contributed by atoms with E-state index in [1.165, 1.54) is 0 Å². The highest BCUT2D eigenvalue weighted by Crippen LogP contribution is 2.24. The van der Waals surface area contributed by atoms with Crippen LogP contribution in [0.2, 0.25) is 0 Å². The zero-order valence-corrected chi connectivity index (χ0v) is 13.5. The number of nitrogens with zero attached hydrogens (tertiary/aromatic N) is 2. The molecule has 5 nitrogen and oxygen atoms in total. The summed E-state index contributed by atoms with van der Waals surface area (Å²) in [5.41, 5.74) is 1.62. The molecule has 0 aliphatic rings. The molecule has 25 heavy (non-hydrogen) atoms. The van der Waals surface area contributed by atoms with Gasteiger partial charge in [0.2, 0.25) is 5.71 Å². The fourth-order valence-corrected chi connectivity index (χ4v) is 2.58. The summed E-state index contributed by atoms with van der Waals surface area (Å²) in [7, 11) is 1.60. The minimum Gasteiger partial charge on any atom is -0.497 e. The molecule has 2 aromatic heterocycles. The van der Waals surface area contributed by atoms with Crippen molar-refractivity contribution in [1.82, 2.24) is 4.98 Å². The lowest BCUT2D eigenvalue weighted by atomic mass is 10.1. The molecule has 0 amide bonds. The third kappa shape index (κ3) is 2.99. The Morgan fingerprint density at radius 3 is 2.68 bits per heavy atom. The molecule has 2 aromatic carbocycles. The molecule has 2 heterocycles. The molecule has 4 aromatic rings. The van der Waals surface area contributed by atoms with Crippen LogP contribution in [0.1, 0.15) is 5.56 Å². The predicted octanol–water partition coefficient (Wildman–Crippen LogP) is 4.10. The molecule has 0 saturated carbocycles. The Kier molecular flexibility index (Phi) is 3.74. The minimum atomic E-state index is -0.519. The second-order valence-corrected chi connectivity index (χ2v) is 5.53. The molecule has 4 rings (SSSR count). The molecule has 0 fully saturated rings. The first-order valence-corrected chi connectivity index (χ1v) is 7.75. The van der Waals surface area contributed by atoms with Gasteiger partial charge < -0.3 is 9.15 Å². The van der Waals surface area contributed by atoms with Gasteiger partial charge in [-0.2, -0.15) is 0 Å². The zero-order valence-electron chi connectivity index (χ0n) is 13.5. The van der Waals surface area contributed by atoms with Gasteiger partial charge in [0.25, 0.3) is 0 Å². The standard InChI is InChI=1S/C20H14N2O3/c1-24-16-8-7-14-9-15-10-18(21-12-13-5-3-2-4-6-13)20(23)25-19(15)22-17(14)11-16/h2-12H,1H3. The van der Waals surface area contributed by atoms with Crippen LogP contribution in [0.3, 0.4) is 0 Å². The lowest BCUT2D eigenvalue weighted by Gasteiger charge is -2.04. The highest BCUT2D eigenvalue weighted by Gasteiger charge is 2.08. The summed E-state index contributed by atoms with van der Waals surface area (Å²) < 4.78 is 10.5. The Balaban J connectivity index is 1.82. The van der Waals surface area contributed by atoms with Crippen molar-refractivity contribution < 1.29 is 9.15 Å². The Morgan fingerprint density at radius 1 is 1.04 bits per heavy atom. The molecule has 0 N–H and O–H groups in total. The predicted molar refractivity (Wildman–Crippen MR) is 98.0 cm³/mol. The van der Waals surface area contributed by atoms with Crippen LogP contribution in [-0.4, -0.2) is 18.3 Å². The summed E-state index contributed by atoms with van der Waals surface area (Å²) in [5.74, 6) is 0.700. The average molecular weight is 330 g/mol. The monoisotopic (exact) mass is 330 g/mol. The average Bonchev–Trinajstić information content (AvgIpc) is 2.65. The molecule has 0 spiro atoms. The van der Waals surface area contributed by atoms with E-state index in [1.807, 2.05) is 48.5 Å². The van der Waals surface area contributed by atoms with E-state index in [1.54, 1.807) is 25.5 Å². The van der Waals surface area contributed by atoms with Gasteiger partial charge in [0.15, 0.2) is 0 Å². The SMILES string of the molecule is COc1ccc2cc3cc(N=Cc4ccccc4)c(=O)oc3nc2c1. The van der Waals surface area contributed by atoms with Crippen LogP contribution < -0.4 is 10.4 Å². The van der Waals surface area contributed by atoms with Crippen molar-refractivity contribution in [1.29, 1.82) is 0 Å². The minimum absolute atomic E-state index is 0.242. The van der Waals surface area contributed by atoms with Gasteiger partial charge in [0, 0.05) is 23.1 Å². The fraction of sp³-hybridized carbons (Fsp3) is 0.0500. The van der Waals surface area contributed by atoms with Crippen molar-refractivity contribution in [3.8, 4) is 5.75 Å². The summed E-state index contributed by atoms with van der Waals surface area (Å²) in [6.45, 7) is 0. The van der Waals surface area contributed by atoms with E-state index >= 15 is 0 Å². The van der Waals surface area contributed by atoms with Crippen LogP contribution in [0, 0.1) is 0 Å². The molecule has 0 aliphatic heterocycles. The second-order valence-electron chi connectivity index (χ2n) is 5.53. The molecule has 0 aliphatic carbocycles. The number of benzene rings is 2. The number of rotatable bonds is 3. The largest absolute Gasteiger partial charge is 0.497 e. The van der Waals surface area contributed by atoms with Crippen molar-refractivity contribution in [2.24, 2.45) is 4.99 Å². The third-order valence-corrected chi connectivity index (χ3v) is 3.86. The Morgan fingerprint density at radius 2 is 1.88 bits per heavy atom. The maximum absolute atomic E-state index is 12.2. The Hall–Kier alpha value is -3.47. The van der Waals surface area contributed by atoms with Gasteiger partial charge in [-0.15, -0.1) is 0 Å². The van der Waals surface area contributed by atoms with Gasteiger partial charge in [-0.1, -0.05) is 30.3 Å². The molecule has 122 valence electrons. The van der Waals surface area contributed by atoms with Gasteiger partial charge >= 0.3 is 5.63 Å². The quantitative estimate of drug-likeness (QED) is 0.419. The van der Waals surface area contributed by atoms with E-state index in [0.717, 1.165) is 16.3 Å². The first-order valence-electron chi connectivity index (χ1n) is 7.75. The number of aliphatic imine (C=N–C) groups is 1. The highest BCUT2D eigenvalue weighted by atomic mass is 16.5. The lowest BCUT2D eigenvalue weighted by molar-refractivity contribution is 0.415. The zero-order chi connectivity index (χ0) is 17.2. The van der Waals surface area contributed by atoms with E-state index in [9.17, 15) is 4.79 Å². The van der Waals surface area contributed by atoms with Gasteiger partial charge in [0.1, 0.15) is 11.4 Å². The smallest absolute Gasteiger partial charge is 0.363 e. The number of fused-ring (bicyclic) bond motifs is 2. The highest BCUT2D eigenvalue weighted by molar-refractivity contribution is 5.92. The second kappa shape index (κ2) is 6.20. The van der Waals surface area contributed by atoms with E-state index < -0.39 is 5.63 Å². The van der Waals surface area contributed by atoms with Crippen LogP contribution in [-0.2, 0) is 0 Å². The van der Waals surface area contributed by atoms with Crippen LogP contribution in [0.25, 0.3) is 22.0 Å². The first kappa shape index (κ1) is 15.1. The Bertz CT molecular complexity index is 1150. The van der Waals surface area contributed by atoms with Gasteiger partial charge in [-0.3, -0.25) is 0 Å². The molecule has 0 bridgehead atoms. The van der Waals surface area contributed by atoms with E-state index in [4.69, 9.17) is 9.15 Å². The third-order valence-electron chi connectivity index (χ3n) is 3.86. The number of aromatic nitrogens is 1. The van der Waals surface area contributed by atoms with Crippen LogP contribution in [0.15, 0.2) is 74.9 Å². The number of hydrogen-bond donors (Lipinski definition) is 0. The molecule has 0 unspecified atom stereocenters. The summed E-state index contributed by atoms with van der Waals surface area (Å²) in [4.78, 5) is 20.8. The summed E-state index contributed by atoms with van der Waals surface area (Å²) in [6, 6.07) is 18.8. The molecule has 0 atom stereocenters. The van der Waals surface area contributed by atoms with Crippen LogP contribution in [0.5, 0.6) is 5.75 Å².